The van der Waals surface area contributed by atoms with Crippen LogP contribution in [0.15, 0.2) is 18.2 Å². The van der Waals surface area contributed by atoms with Crippen molar-refractivity contribution in [2.24, 2.45) is 0 Å². The number of nitro benzene ring substituents is 1. The molecule has 0 aliphatic rings. The van der Waals surface area contributed by atoms with E-state index in [0.717, 1.165) is 19.2 Å². The molecule has 0 saturated heterocycles. The summed E-state index contributed by atoms with van der Waals surface area (Å²) >= 11 is 0. The van der Waals surface area contributed by atoms with Crippen LogP contribution in [-0.2, 0) is 10.9 Å². The minimum absolute atomic E-state index is 0.676. The van der Waals surface area contributed by atoms with Gasteiger partial charge in [0.25, 0.3) is 5.69 Å². The van der Waals surface area contributed by atoms with E-state index >= 15 is 0 Å². The third kappa shape index (κ3) is 2.52. The molecule has 0 atom stereocenters. The maximum Gasteiger partial charge on any atom is 0.423 e. The number of nitro groups is 1. The molecule has 0 aromatic heterocycles. The maximum absolute atomic E-state index is 12.7. The van der Waals surface area contributed by atoms with Crippen LogP contribution >= 0.6 is 0 Å². The number of alkyl halides is 3. The number of rotatable bonds is 2. The van der Waals surface area contributed by atoms with E-state index in [-0.39, 0.29) is 0 Å². The van der Waals surface area contributed by atoms with Gasteiger partial charge in [0.15, 0.2) is 0 Å². The van der Waals surface area contributed by atoms with Gasteiger partial charge in [0.05, 0.1) is 17.6 Å². The topological polar surface area (TPSA) is 69.4 Å². The van der Waals surface area contributed by atoms with Crippen LogP contribution in [0.25, 0.3) is 0 Å². The Balaban J connectivity index is 3.57. The van der Waals surface area contributed by atoms with Crippen LogP contribution in [0.1, 0.15) is 15.9 Å². The van der Waals surface area contributed by atoms with Gasteiger partial charge in [-0.1, -0.05) is 6.07 Å². The number of halogens is 3. The van der Waals surface area contributed by atoms with E-state index in [0.29, 0.717) is 6.07 Å². The number of carbonyl (C=O) groups excluding carboxylic acids is 1. The second-order valence-electron chi connectivity index (χ2n) is 2.95. The summed E-state index contributed by atoms with van der Waals surface area (Å²) in [4.78, 5) is 20.4. The molecule has 1 rings (SSSR count). The fourth-order valence-corrected chi connectivity index (χ4v) is 1.27. The average molecular weight is 249 g/mol. The molecular formula is C9H6F3NO4. The van der Waals surface area contributed by atoms with Crippen LogP contribution in [0.2, 0.25) is 0 Å². The fraction of sp³-hybridized carbons (Fsp3) is 0.222. The van der Waals surface area contributed by atoms with Gasteiger partial charge in [0.2, 0.25) is 0 Å². The van der Waals surface area contributed by atoms with Gasteiger partial charge in [0, 0.05) is 6.07 Å². The zero-order chi connectivity index (χ0) is 13.2. The smallest absolute Gasteiger partial charge is 0.423 e. The number of nitrogens with zero attached hydrogens (tertiary/aromatic N) is 1. The Kier molecular flexibility index (Phi) is 3.35. The van der Waals surface area contributed by atoms with E-state index in [2.05, 4.69) is 4.74 Å². The second-order valence-corrected chi connectivity index (χ2v) is 2.95. The van der Waals surface area contributed by atoms with Gasteiger partial charge in [-0.2, -0.15) is 13.2 Å². The summed E-state index contributed by atoms with van der Waals surface area (Å²) in [6.07, 6.45) is -5.01. The van der Waals surface area contributed by atoms with Crippen LogP contribution in [0.5, 0.6) is 0 Å². The number of hydrogen-bond donors (Lipinski definition) is 0. The molecular weight excluding hydrogens is 243 g/mol. The highest BCUT2D eigenvalue weighted by atomic mass is 19.4. The van der Waals surface area contributed by atoms with Crippen molar-refractivity contribution >= 4 is 11.7 Å². The van der Waals surface area contributed by atoms with Crippen molar-refractivity contribution in [1.82, 2.24) is 0 Å². The zero-order valence-corrected chi connectivity index (χ0v) is 8.45. The molecule has 0 N–H and O–H groups in total. The molecule has 0 radical (unpaired) electrons. The zero-order valence-electron chi connectivity index (χ0n) is 8.45. The minimum Gasteiger partial charge on any atom is -0.465 e. The van der Waals surface area contributed by atoms with E-state index in [4.69, 9.17) is 0 Å². The van der Waals surface area contributed by atoms with E-state index in [1.807, 2.05) is 0 Å². The SMILES string of the molecule is COC(=O)c1cccc([N+](=O)[O-])c1C(F)(F)F. The summed E-state index contributed by atoms with van der Waals surface area (Å²) in [6.45, 7) is 0. The normalized spacial score (nSPS) is 11.1. The van der Waals surface area contributed by atoms with Gasteiger partial charge in [-0.05, 0) is 6.07 Å². The van der Waals surface area contributed by atoms with Crippen LogP contribution in [0.4, 0.5) is 18.9 Å². The van der Waals surface area contributed by atoms with E-state index < -0.39 is 33.9 Å². The number of esters is 1. The quantitative estimate of drug-likeness (QED) is 0.458. The van der Waals surface area contributed by atoms with Gasteiger partial charge >= 0.3 is 12.1 Å². The third-order valence-corrected chi connectivity index (χ3v) is 1.93. The van der Waals surface area contributed by atoms with Crippen LogP contribution in [0, 0.1) is 10.1 Å². The summed E-state index contributed by atoms with van der Waals surface area (Å²) in [5.41, 5.74) is -3.66. The molecule has 92 valence electrons. The van der Waals surface area contributed by atoms with Crippen molar-refractivity contribution in [2.45, 2.75) is 6.18 Å². The van der Waals surface area contributed by atoms with Crippen molar-refractivity contribution in [3.63, 3.8) is 0 Å². The highest BCUT2D eigenvalue weighted by Gasteiger charge is 2.42. The van der Waals surface area contributed by atoms with Crippen molar-refractivity contribution in [3.05, 3.63) is 39.4 Å². The Labute approximate surface area is 93.0 Å². The van der Waals surface area contributed by atoms with Crippen LogP contribution < -0.4 is 0 Å². The third-order valence-electron chi connectivity index (χ3n) is 1.93. The first-order valence-corrected chi connectivity index (χ1v) is 4.22. The highest BCUT2D eigenvalue weighted by molar-refractivity contribution is 5.92. The Morgan fingerprint density at radius 2 is 2.00 bits per heavy atom. The highest BCUT2D eigenvalue weighted by Crippen LogP contribution is 2.38. The first kappa shape index (κ1) is 12.9. The molecule has 0 bridgehead atoms. The summed E-state index contributed by atoms with van der Waals surface area (Å²) in [6, 6.07) is 2.48. The van der Waals surface area contributed by atoms with Crippen molar-refractivity contribution < 1.29 is 27.6 Å². The number of carbonyl (C=O) groups is 1. The first-order valence-electron chi connectivity index (χ1n) is 4.22. The Bertz CT molecular complexity index is 470. The van der Waals surface area contributed by atoms with Gasteiger partial charge in [-0.25, -0.2) is 4.79 Å². The van der Waals surface area contributed by atoms with E-state index in [1.54, 1.807) is 0 Å². The first-order chi connectivity index (χ1) is 7.79. The Morgan fingerprint density at radius 3 is 2.41 bits per heavy atom. The predicted octanol–water partition coefficient (Wildman–Crippen LogP) is 2.40. The molecule has 8 heteroatoms. The molecule has 17 heavy (non-hydrogen) atoms. The van der Waals surface area contributed by atoms with Gasteiger partial charge in [0.1, 0.15) is 5.56 Å². The van der Waals surface area contributed by atoms with Crippen molar-refractivity contribution in [2.75, 3.05) is 7.11 Å². The summed E-state index contributed by atoms with van der Waals surface area (Å²) in [5, 5.41) is 10.5. The Morgan fingerprint density at radius 1 is 1.41 bits per heavy atom. The molecule has 0 spiro atoms. The second kappa shape index (κ2) is 4.40. The number of benzene rings is 1. The standard InChI is InChI=1S/C9H6F3NO4/c1-17-8(14)5-3-2-4-6(13(15)16)7(5)9(10,11)12/h2-4H,1H3. The molecule has 0 aliphatic heterocycles. The molecule has 0 unspecified atom stereocenters. The molecule has 0 amide bonds. The molecule has 0 saturated carbocycles. The lowest BCUT2D eigenvalue weighted by Gasteiger charge is -2.11. The lowest BCUT2D eigenvalue weighted by atomic mass is 10.1. The van der Waals surface area contributed by atoms with E-state index in [1.165, 1.54) is 0 Å². The molecule has 1 aromatic rings. The Hall–Kier alpha value is -2.12. The van der Waals surface area contributed by atoms with Crippen LogP contribution in [0.3, 0.4) is 0 Å². The molecule has 5 nitrogen and oxygen atoms in total. The van der Waals surface area contributed by atoms with Gasteiger partial charge in [-0.3, -0.25) is 10.1 Å². The lowest BCUT2D eigenvalue weighted by molar-refractivity contribution is -0.388. The van der Waals surface area contributed by atoms with Gasteiger partial charge < -0.3 is 4.74 Å². The molecule has 0 fully saturated rings. The van der Waals surface area contributed by atoms with Crippen LogP contribution in [-0.4, -0.2) is 18.0 Å². The lowest BCUT2D eigenvalue weighted by Crippen LogP contribution is -2.16. The largest absolute Gasteiger partial charge is 0.465 e. The maximum atomic E-state index is 12.7. The molecule has 0 aliphatic carbocycles. The predicted molar refractivity (Wildman–Crippen MR) is 49.4 cm³/mol. The molecule has 0 heterocycles. The summed E-state index contributed by atoms with van der Waals surface area (Å²) in [7, 11) is 0.890. The summed E-state index contributed by atoms with van der Waals surface area (Å²) in [5.74, 6) is -1.28. The van der Waals surface area contributed by atoms with Crippen molar-refractivity contribution in [1.29, 1.82) is 0 Å². The minimum atomic E-state index is -5.01. The monoisotopic (exact) mass is 249 g/mol. The van der Waals surface area contributed by atoms with Crippen molar-refractivity contribution in [3.8, 4) is 0 Å². The molecule has 1 aromatic carbocycles. The number of ether oxygens (including phenoxy) is 1. The van der Waals surface area contributed by atoms with E-state index in [9.17, 15) is 28.1 Å². The number of hydrogen-bond acceptors (Lipinski definition) is 4. The summed E-state index contributed by atoms with van der Waals surface area (Å²) < 4.78 is 42.1. The number of methoxy groups -OCH3 is 1. The fourth-order valence-electron chi connectivity index (χ4n) is 1.27. The van der Waals surface area contributed by atoms with Gasteiger partial charge in [-0.15, -0.1) is 0 Å². The average Bonchev–Trinajstić information content (AvgIpc) is 2.25.